The van der Waals surface area contributed by atoms with Gasteiger partial charge in [-0.1, -0.05) is 156 Å². The van der Waals surface area contributed by atoms with Gasteiger partial charge in [-0.25, -0.2) is 9.97 Å². The minimum absolute atomic E-state index is 0.00772. The highest BCUT2D eigenvalue weighted by Gasteiger charge is 2.35. The van der Waals surface area contributed by atoms with Crippen LogP contribution in [0.15, 0.2) is 164 Å². The van der Waals surface area contributed by atoms with Crippen molar-refractivity contribution in [1.82, 2.24) is 9.97 Å². The second-order valence-electron chi connectivity index (χ2n) is 15.9. The van der Waals surface area contributed by atoms with Crippen LogP contribution in [-0.2, 0) is 10.8 Å². The maximum Gasteiger partial charge on any atom is 0.160 e. The fourth-order valence-corrected chi connectivity index (χ4v) is 8.13. The van der Waals surface area contributed by atoms with Crippen LogP contribution >= 0.6 is 0 Å². The maximum absolute atomic E-state index is 5.12. The van der Waals surface area contributed by atoms with E-state index in [-0.39, 0.29) is 10.8 Å². The van der Waals surface area contributed by atoms with Crippen LogP contribution in [0, 0.1) is 0 Å². The van der Waals surface area contributed by atoms with Crippen molar-refractivity contribution < 1.29 is 0 Å². The molecule has 0 bridgehead atoms. The lowest BCUT2D eigenvalue weighted by Gasteiger charge is -2.24. The summed E-state index contributed by atoms with van der Waals surface area (Å²) >= 11 is 0. The minimum Gasteiger partial charge on any atom is -0.228 e. The highest BCUT2D eigenvalue weighted by atomic mass is 14.9. The Morgan fingerprint density at radius 1 is 0.396 bits per heavy atom. The van der Waals surface area contributed by atoms with Gasteiger partial charge in [0.25, 0.3) is 0 Å². The molecule has 0 saturated carbocycles. The number of benzene rings is 6. The molecule has 256 valence electrons. The van der Waals surface area contributed by atoms with Gasteiger partial charge in [-0.05, 0) is 109 Å². The number of fused-ring (bicyclic) bond motifs is 4. The van der Waals surface area contributed by atoms with Crippen LogP contribution in [0.1, 0.15) is 51.3 Å². The van der Waals surface area contributed by atoms with Gasteiger partial charge >= 0.3 is 0 Å². The second kappa shape index (κ2) is 12.5. The van der Waals surface area contributed by atoms with Crippen molar-refractivity contribution >= 4 is 11.0 Å². The van der Waals surface area contributed by atoms with Crippen LogP contribution < -0.4 is 0 Å². The van der Waals surface area contributed by atoms with Gasteiger partial charge in [0.05, 0.1) is 11.4 Å². The van der Waals surface area contributed by atoms with Crippen LogP contribution in [-0.4, -0.2) is 9.97 Å². The fraction of sp³-hybridized carbons (Fsp3) is 0.137. The number of nitrogens with zero attached hydrogens (tertiary/aromatic N) is 2. The summed E-state index contributed by atoms with van der Waals surface area (Å²) in [5.41, 5.74) is 18.8. The highest BCUT2D eigenvalue weighted by molar-refractivity contribution is 5.86. The summed E-state index contributed by atoms with van der Waals surface area (Å²) in [7, 11) is 0. The summed E-state index contributed by atoms with van der Waals surface area (Å²) in [5, 5.41) is 1.02. The van der Waals surface area contributed by atoms with Crippen LogP contribution in [0.3, 0.4) is 0 Å². The molecule has 2 heterocycles. The first-order valence-electron chi connectivity index (χ1n) is 18.6. The zero-order chi connectivity index (χ0) is 36.3. The van der Waals surface area contributed by atoms with Gasteiger partial charge in [0.15, 0.2) is 5.65 Å². The summed E-state index contributed by atoms with van der Waals surface area (Å²) in [5.74, 6) is 0. The second-order valence-corrected chi connectivity index (χ2v) is 15.9. The number of hydrogen-bond donors (Lipinski definition) is 0. The highest BCUT2D eigenvalue weighted by Crippen LogP contribution is 2.49. The molecule has 9 rings (SSSR count). The Kier molecular flexibility index (Phi) is 7.75. The van der Waals surface area contributed by atoms with Gasteiger partial charge in [0.2, 0.25) is 0 Å². The number of rotatable bonds is 5. The molecule has 0 amide bonds. The van der Waals surface area contributed by atoms with E-state index in [4.69, 9.17) is 9.97 Å². The van der Waals surface area contributed by atoms with Crippen LogP contribution in [0.4, 0.5) is 0 Å². The Morgan fingerprint density at radius 2 is 0.906 bits per heavy atom. The third-order valence-corrected chi connectivity index (χ3v) is 11.0. The summed E-state index contributed by atoms with van der Waals surface area (Å²) in [6.45, 7) is 11.5. The lowest BCUT2D eigenvalue weighted by Crippen LogP contribution is -2.14. The Labute approximate surface area is 312 Å². The molecule has 0 atom stereocenters. The summed E-state index contributed by atoms with van der Waals surface area (Å²) in [6.07, 6.45) is 0. The molecule has 0 saturated heterocycles. The molecule has 2 heteroatoms. The Hall–Kier alpha value is -6.12. The smallest absolute Gasteiger partial charge is 0.160 e. The Bertz CT molecular complexity index is 2680. The fourth-order valence-electron chi connectivity index (χ4n) is 8.13. The first-order chi connectivity index (χ1) is 25.6. The molecule has 53 heavy (non-hydrogen) atoms. The van der Waals surface area contributed by atoms with Gasteiger partial charge in [-0.3, -0.25) is 0 Å². The van der Waals surface area contributed by atoms with E-state index >= 15 is 0 Å². The van der Waals surface area contributed by atoms with Crippen LogP contribution in [0.5, 0.6) is 0 Å². The minimum atomic E-state index is -0.0370. The third kappa shape index (κ3) is 5.85. The third-order valence-electron chi connectivity index (χ3n) is 11.0. The molecule has 2 aromatic heterocycles. The van der Waals surface area contributed by atoms with E-state index in [0.717, 1.165) is 33.5 Å². The van der Waals surface area contributed by atoms with E-state index in [1.54, 1.807) is 0 Å². The van der Waals surface area contributed by atoms with Crippen molar-refractivity contribution in [2.24, 2.45) is 0 Å². The van der Waals surface area contributed by atoms with Crippen molar-refractivity contribution in [3.05, 3.63) is 180 Å². The van der Waals surface area contributed by atoms with Crippen molar-refractivity contribution in [3.63, 3.8) is 0 Å². The summed E-state index contributed by atoms with van der Waals surface area (Å²) in [6, 6.07) is 59.2. The Morgan fingerprint density at radius 3 is 1.55 bits per heavy atom. The molecular weight excluding hydrogens is 641 g/mol. The molecule has 8 aromatic rings. The van der Waals surface area contributed by atoms with E-state index in [1.165, 1.54) is 61.2 Å². The molecular formula is C51H42N2. The van der Waals surface area contributed by atoms with Crippen molar-refractivity contribution in [1.29, 1.82) is 0 Å². The van der Waals surface area contributed by atoms with Gasteiger partial charge in [0.1, 0.15) is 0 Å². The maximum atomic E-state index is 5.12. The normalized spacial score (nSPS) is 13.2. The van der Waals surface area contributed by atoms with E-state index in [0.29, 0.717) is 0 Å². The molecule has 1 aliphatic rings. The van der Waals surface area contributed by atoms with Gasteiger partial charge in [-0.15, -0.1) is 0 Å². The van der Waals surface area contributed by atoms with E-state index in [2.05, 4.69) is 198 Å². The number of hydrogen-bond acceptors (Lipinski definition) is 2. The van der Waals surface area contributed by atoms with Crippen molar-refractivity contribution in [2.75, 3.05) is 0 Å². The predicted molar refractivity (Wildman–Crippen MR) is 223 cm³/mol. The average Bonchev–Trinajstić information content (AvgIpc) is 3.42. The number of aromatic nitrogens is 2. The van der Waals surface area contributed by atoms with E-state index < -0.39 is 0 Å². The molecule has 0 aliphatic heterocycles. The van der Waals surface area contributed by atoms with Crippen molar-refractivity contribution in [3.8, 4) is 67.0 Å². The van der Waals surface area contributed by atoms with Gasteiger partial charge < -0.3 is 0 Å². The quantitative estimate of drug-likeness (QED) is 0.181. The zero-order valence-electron chi connectivity index (χ0n) is 31.0. The first kappa shape index (κ1) is 32.8. The summed E-state index contributed by atoms with van der Waals surface area (Å²) < 4.78 is 0. The molecule has 0 radical (unpaired) electrons. The lowest BCUT2D eigenvalue weighted by atomic mass is 9.80. The SMILES string of the molecule is CC(C)(C)c1cc(-c2cccc(-c3ccc4ccc(-c5cccc(-c6ccc7c(c6)C(C)(C)c6ccccc6-7)c5)nc4n3)c2)ccc1-c1ccccc1. The molecule has 0 N–H and O–H groups in total. The number of pyridine rings is 2. The molecule has 1 aliphatic carbocycles. The van der Waals surface area contributed by atoms with Gasteiger partial charge in [0, 0.05) is 21.9 Å². The molecule has 0 spiro atoms. The van der Waals surface area contributed by atoms with Crippen LogP contribution in [0.25, 0.3) is 78.1 Å². The molecule has 2 nitrogen and oxygen atoms in total. The first-order valence-corrected chi connectivity index (χ1v) is 18.6. The Balaban J connectivity index is 1.04. The predicted octanol–water partition coefficient (Wildman–Crippen LogP) is 13.6. The molecule has 0 unspecified atom stereocenters. The average molecular weight is 683 g/mol. The molecule has 6 aromatic carbocycles. The van der Waals surface area contributed by atoms with Gasteiger partial charge in [-0.2, -0.15) is 0 Å². The van der Waals surface area contributed by atoms with E-state index in [9.17, 15) is 0 Å². The van der Waals surface area contributed by atoms with E-state index in [1.807, 2.05) is 0 Å². The van der Waals surface area contributed by atoms with Crippen LogP contribution in [0.2, 0.25) is 0 Å². The lowest BCUT2D eigenvalue weighted by molar-refractivity contribution is 0.592. The van der Waals surface area contributed by atoms with Crippen molar-refractivity contribution in [2.45, 2.75) is 45.4 Å². The summed E-state index contributed by atoms with van der Waals surface area (Å²) in [4.78, 5) is 10.2. The topological polar surface area (TPSA) is 25.8 Å². The zero-order valence-corrected chi connectivity index (χ0v) is 31.0. The monoisotopic (exact) mass is 682 g/mol. The largest absolute Gasteiger partial charge is 0.228 e. The molecule has 0 fully saturated rings. The standard InChI is InChI=1S/C51H42N2/c1-50(2,3)45-31-37(21-25-41(45)33-13-7-6-8-14-33)35-15-11-17-39(29-35)47-27-23-34-24-28-48(53-49(34)52-47)40-18-12-16-36(30-40)38-22-26-43-42-19-9-10-20-44(42)51(4,5)46(43)32-38/h6-32H,1-5H3.